The number of rotatable bonds is 7. The lowest BCUT2D eigenvalue weighted by atomic mass is 9.73. The maximum absolute atomic E-state index is 13.6. The van der Waals surface area contributed by atoms with E-state index in [4.69, 9.17) is 4.74 Å². The third-order valence-corrected chi connectivity index (χ3v) is 7.38. The number of fused-ring (bicyclic) bond motifs is 1. The Labute approximate surface area is 237 Å². The summed E-state index contributed by atoms with van der Waals surface area (Å²) in [5.74, 6) is 0.759. The number of nitrogens with one attached hydrogen (secondary N) is 2. The summed E-state index contributed by atoms with van der Waals surface area (Å²) in [4.78, 5) is 24.3. The van der Waals surface area contributed by atoms with Gasteiger partial charge in [0.15, 0.2) is 5.78 Å². The van der Waals surface area contributed by atoms with Crippen molar-refractivity contribution in [2.75, 3.05) is 10.6 Å². The van der Waals surface area contributed by atoms with E-state index in [1.807, 2.05) is 54.6 Å². The summed E-state index contributed by atoms with van der Waals surface area (Å²) < 4.78 is 7.90. The molecule has 6 rings (SSSR count). The Kier molecular flexibility index (Phi) is 6.74. The molecule has 3 aromatic carbocycles. The molecule has 2 N–H and O–H groups in total. The third kappa shape index (κ3) is 5.54. The van der Waals surface area contributed by atoms with Crippen LogP contribution in [-0.2, 0) is 17.9 Å². The Bertz CT molecular complexity index is 1670. The summed E-state index contributed by atoms with van der Waals surface area (Å²) in [7, 11) is 0. The summed E-state index contributed by atoms with van der Waals surface area (Å²) in [6, 6.07) is 21.8. The van der Waals surface area contributed by atoms with Crippen LogP contribution in [-0.4, -0.2) is 25.7 Å². The van der Waals surface area contributed by atoms with Crippen molar-refractivity contribution in [3.63, 3.8) is 0 Å². The highest BCUT2D eigenvalue weighted by atomic mass is 16.6. The molecule has 1 aliphatic carbocycles. The molecule has 208 valence electrons. The minimum absolute atomic E-state index is 0.0333. The first kappa shape index (κ1) is 26.2. The molecule has 0 saturated carbocycles. The van der Waals surface area contributed by atoms with Crippen molar-refractivity contribution >= 4 is 22.8 Å². The predicted molar refractivity (Wildman–Crippen MR) is 154 cm³/mol. The van der Waals surface area contributed by atoms with E-state index >= 15 is 0 Å². The van der Waals surface area contributed by atoms with E-state index < -0.39 is 11.0 Å². The van der Waals surface area contributed by atoms with Crippen molar-refractivity contribution in [3.8, 4) is 5.75 Å². The first-order valence-electron chi connectivity index (χ1n) is 13.5. The fraction of sp³-hybridized carbons (Fsp3) is 0.258. The van der Waals surface area contributed by atoms with Crippen molar-refractivity contribution in [1.82, 2.24) is 15.0 Å². The maximum Gasteiger partial charge on any atom is 0.269 e. The van der Waals surface area contributed by atoms with Crippen molar-refractivity contribution < 1.29 is 14.5 Å². The van der Waals surface area contributed by atoms with Gasteiger partial charge in [0.2, 0.25) is 0 Å². The lowest BCUT2D eigenvalue weighted by Gasteiger charge is -2.34. The minimum Gasteiger partial charge on any atom is -0.487 e. The number of ketones is 1. The molecule has 1 aromatic heterocycles. The van der Waals surface area contributed by atoms with E-state index in [2.05, 4.69) is 34.8 Å². The highest BCUT2D eigenvalue weighted by Crippen LogP contribution is 2.46. The van der Waals surface area contributed by atoms with Gasteiger partial charge in [0.05, 0.1) is 35.1 Å². The van der Waals surface area contributed by atoms with Crippen LogP contribution in [0.2, 0.25) is 0 Å². The molecule has 1 atom stereocenters. The molecule has 4 aromatic rings. The van der Waals surface area contributed by atoms with E-state index in [-0.39, 0.29) is 23.5 Å². The topological polar surface area (TPSA) is 124 Å². The molecular formula is C31H30N6O4. The third-order valence-electron chi connectivity index (χ3n) is 7.38. The number of ether oxygens (including phenoxy) is 1. The average molecular weight is 551 g/mol. The van der Waals surface area contributed by atoms with Crippen molar-refractivity contribution in [1.29, 1.82) is 0 Å². The lowest BCUT2D eigenvalue weighted by molar-refractivity contribution is -0.384. The number of nitro groups is 1. The van der Waals surface area contributed by atoms with Gasteiger partial charge in [-0.15, -0.1) is 5.10 Å². The standard InChI is InChI=1S/C31H30N6O4/c1-31(2)15-26-29(27(38)16-31)30(33-25-12-5-4-11-24(25)32-26)23-10-3-6-13-28(23)41-19-21-18-36(35-34-21)17-20-8-7-9-22(14-20)37(39)40/h3-14,18,30,32-33H,15-17,19H2,1-2H3. The fourth-order valence-electron chi connectivity index (χ4n) is 5.56. The minimum atomic E-state index is -0.417. The lowest BCUT2D eigenvalue weighted by Crippen LogP contribution is -2.31. The van der Waals surface area contributed by atoms with Gasteiger partial charge in [0, 0.05) is 35.4 Å². The number of anilines is 2. The smallest absolute Gasteiger partial charge is 0.269 e. The summed E-state index contributed by atoms with van der Waals surface area (Å²) in [5, 5.41) is 26.7. The highest BCUT2D eigenvalue weighted by Gasteiger charge is 2.39. The molecule has 0 fully saturated rings. The monoisotopic (exact) mass is 550 g/mol. The van der Waals surface area contributed by atoms with Gasteiger partial charge >= 0.3 is 0 Å². The Morgan fingerprint density at radius 3 is 2.66 bits per heavy atom. The van der Waals surface area contributed by atoms with E-state index in [9.17, 15) is 14.9 Å². The molecule has 10 nitrogen and oxygen atoms in total. The Morgan fingerprint density at radius 1 is 1.05 bits per heavy atom. The van der Waals surface area contributed by atoms with Crippen LogP contribution in [0.1, 0.15) is 49.6 Å². The molecule has 1 aliphatic heterocycles. The van der Waals surface area contributed by atoms with Gasteiger partial charge in [0.1, 0.15) is 18.1 Å². The summed E-state index contributed by atoms with van der Waals surface area (Å²) in [5.41, 5.74) is 5.64. The molecule has 10 heteroatoms. The van der Waals surface area contributed by atoms with Gasteiger partial charge in [-0.05, 0) is 35.6 Å². The van der Waals surface area contributed by atoms with Gasteiger partial charge in [-0.2, -0.15) is 0 Å². The number of Topliss-reactive ketones (excluding diaryl/α,β-unsaturated/α-hetero) is 1. The van der Waals surface area contributed by atoms with Gasteiger partial charge in [0.25, 0.3) is 5.69 Å². The number of para-hydroxylation sites is 3. The molecule has 0 radical (unpaired) electrons. The molecule has 0 amide bonds. The van der Waals surface area contributed by atoms with Crippen LogP contribution in [0.3, 0.4) is 0 Å². The zero-order chi connectivity index (χ0) is 28.6. The van der Waals surface area contributed by atoms with E-state index in [0.29, 0.717) is 24.4 Å². The first-order valence-corrected chi connectivity index (χ1v) is 13.5. The number of non-ortho nitro benzene ring substituents is 1. The molecule has 41 heavy (non-hydrogen) atoms. The number of nitrogens with zero attached hydrogens (tertiary/aromatic N) is 4. The number of carbonyl (C=O) groups excluding carboxylic acids is 1. The highest BCUT2D eigenvalue weighted by molar-refractivity contribution is 6.01. The second-order valence-corrected chi connectivity index (χ2v) is 11.2. The van der Waals surface area contributed by atoms with Crippen LogP contribution in [0, 0.1) is 15.5 Å². The van der Waals surface area contributed by atoms with E-state index in [1.165, 1.54) is 12.1 Å². The van der Waals surface area contributed by atoms with Crippen LogP contribution in [0.25, 0.3) is 0 Å². The summed E-state index contributed by atoms with van der Waals surface area (Å²) in [6.45, 7) is 4.76. The number of allylic oxidation sites excluding steroid dienone is 1. The normalized spacial score (nSPS) is 17.5. The van der Waals surface area contributed by atoms with Gasteiger partial charge in [-0.3, -0.25) is 14.9 Å². The Balaban J connectivity index is 1.26. The molecule has 0 saturated heterocycles. The van der Waals surface area contributed by atoms with Crippen molar-refractivity contribution in [3.05, 3.63) is 117 Å². The van der Waals surface area contributed by atoms with Gasteiger partial charge < -0.3 is 15.4 Å². The van der Waals surface area contributed by atoms with Crippen molar-refractivity contribution in [2.24, 2.45) is 5.41 Å². The number of nitro benzene ring substituents is 1. The number of carbonyl (C=O) groups is 1. The predicted octanol–water partition coefficient (Wildman–Crippen LogP) is 6.04. The van der Waals surface area contributed by atoms with Crippen LogP contribution in [0.5, 0.6) is 5.75 Å². The SMILES string of the molecule is CC1(C)CC(=O)C2=C(C1)Nc1ccccc1NC2c1ccccc1OCc1cn(Cc2cccc([N+](=O)[O-])c2)nn1. The quantitative estimate of drug-likeness (QED) is 0.211. The van der Waals surface area contributed by atoms with Crippen molar-refractivity contribution in [2.45, 2.75) is 45.9 Å². The second kappa shape index (κ2) is 10.5. The molecule has 1 unspecified atom stereocenters. The average Bonchev–Trinajstić information content (AvgIpc) is 3.31. The van der Waals surface area contributed by atoms with E-state index in [0.717, 1.165) is 40.2 Å². The Hall–Kier alpha value is -4.99. The molecule has 2 heterocycles. The summed E-state index contributed by atoms with van der Waals surface area (Å²) in [6.07, 6.45) is 2.99. The number of hydrogen-bond donors (Lipinski definition) is 2. The number of hydrogen-bond acceptors (Lipinski definition) is 8. The largest absolute Gasteiger partial charge is 0.487 e. The zero-order valence-corrected chi connectivity index (χ0v) is 22.8. The number of aromatic nitrogens is 3. The van der Waals surface area contributed by atoms with Crippen LogP contribution in [0.4, 0.5) is 17.1 Å². The fourth-order valence-corrected chi connectivity index (χ4v) is 5.56. The summed E-state index contributed by atoms with van der Waals surface area (Å²) >= 11 is 0. The Morgan fingerprint density at radius 2 is 1.83 bits per heavy atom. The maximum atomic E-state index is 13.6. The second-order valence-electron chi connectivity index (χ2n) is 11.2. The molecule has 2 aliphatic rings. The molecule has 0 spiro atoms. The van der Waals surface area contributed by atoms with Crippen LogP contribution in [0.15, 0.2) is 90.3 Å². The van der Waals surface area contributed by atoms with Crippen LogP contribution >= 0.6 is 0 Å². The molecule has 0 bridgehead atoms. The van der Waals surface area contributed by atoms with Gasteiger partial charge in [-0.25, -0.2) is 4.68 Å². The first-order chi connectivity index (χ1) is 19.8. The van der Waals surface area contributed by atoms with Gasteiger partial charge in [-0.1, -0.05) is 61.5 Å². The van der Waals surface area contributed by atoms with E-state index in [1.54, 1.807) is 16.9 Å². The number of benzene rings is 3. The molecular weight excluding hydrogens is 520 g/mol. The van der Waals surface area contributed by atoms with Crippen LogP contribution < -0.4 is 15.4 Å². The zero-order valence-electron chi connectivity index (χ0n) is 22.8.